The molecule has 10 heteroatoms. The molecule has 3 amide bonds. The zero-order valence-electron chi connectivity index (χ0n) is 18.2. The van der Waals surface area contributed by atoms with Gasteiger partial charge >= 0.3 is 6.09 Å². The average molecular weight is 420 g/mol. The van der Waals surface area contributed by atoms with Crippen LogP contribution in [0.15, 0.2) is 0 Å². The fourth-order valence-electron chi connectivity index (χ4n) is 2.49. The first kappa shape index (κ1) is 27.1. The van der Waals surface area contributed by atoms with E-state index in [0.717, 1.165) is 6.42 Å². The number of rotatable bonds is 15. The van der Waals surface area contributed by atoms with Crippen molar-refractivity contribution in [3.05, 3.63) is 0 Å². The van der Waals surface area contributed by atoms with Gasteiger partial charge in [0.15, 0.2) is 6.29 Å². The van der Waals surface area contributed by atoms with Gasteiger partial charge in [-0.3, -0.25) is 9.59 Å². The Kier molecular flexibility index (Phi) is 14.9. The maximum atomic E-state index is 13.0. The number of hydrogen-bond acceptors (Lipinski definition) is 7. The summed E-state index contributed by atoms with van der Waals surface area (Å²) in [4.78, 5) is 37.6. The summed E-state index contributed by atoms with van der Waals surface area (Å²) in [5.41, 5.74) is 0. The molecule has 0 spiro atoms. The summed E-state index contributed by atoms with van der Waals surface area (Å²) in [6, 6.07) is -1.09. The molecule has 0 aliphatic carbocycles. The lowest BCUT2D eigenvalue weighted by Crippen LogP contribution is -2.53. The van der Waals surface area contributed by atoms with E-state index in [1.165, 1.54) is 7.11 Å². The van der Waals surface area contributed by atoms with Crippen LogP contribution in [-0.2, 0) is 23.8 Å². The number of alkyl carbamates (subject to hydrolysis) is 1. The number of nitrogens with zero attached hydrogens (tertiary/aromatic N) is 1. The van der Waals surface area contributed by atoms with Gasteiger partial charge in [0.05, 0.1) is 20.3 Å². The molecule has 10 nitrogen and oxygen atoms in total. The van der Waals surface area contributed by atoms with Gasteiger partial charge in [0.1, 0.15) is 6.04 Å². The molecule has 0 saturated carbocycles. The molecule has 0 rings (SSSR count). The van der Waals surface area contributed by atoms with Crippen molar-refractivity contribution in [1.82, 2.24) is 15.5 Å². The molecule has 2 unspecified atom stereocenters. The maximum absolute atomic E-state index is 13.0. The molecule has 0 bridgehead atoms. The third kappa shape index (κ3) is 11.6. The van der Waals surface area contributed by atoms with Crippen molar-refractivity contribution in [2.75, 3.05) is 46.6 Å². The number of amides is 3. The number of carbonyl (C=O) groups excluding carboxylic acids is 3. The summed E-state index contributed by atoms with van der Waals surface area (Å²) in [5.74, 6) is -0.655. The molecule has 0 saturated heterocycles. The number of nitrogens with one attached hydrogen (secondary N) is 2. The summed E-state index contributed by atoms with van der Waals surface area (Å²) in [6.07, 6.45) is -0.417. The lowest BCUT2D eigenvalue weighted by Gasteiger charge is -2.32. The van der Waals surface area contributed by atoms with Crippen LogP contribution >= 0.6 is 0 Å². The number of aliphatic hydroxyl groups excluding tert-OH is 1. The van der Waals surface area contributed by atoms with Gasteiger partial charge in [-0.1, -0.05) is 20.3 Å². The van der Waals surface area contributed by atoms with Gasteiger partial charge < -0.3 is 34.9 Å². The van der Waals surface area contributed by atoms with Crippen molar-refractivity contribution >= 4 is 17.9 Å². The minimum Gasteiger partial charge on any atom is -0.453 e. The predicted octanol–water partition coefficient (Wildman–Crippen LogP) is 0.483. The van der Waals surface area contributed by atoms with E-state index in [9.17, 15) is 19.5 Å². The molecular formula is C19H37N3O7. The monoisotopic (exact) mass is 419 g/mol. The molecule has 0 radical (unpaired) electrons. The third-order valence-electron chi connectivity index (χ3n) is 4.24. The van der Waals surface area contributed by atoms with E-state index in [1.807, 2.05) is 27.7 Å². The zero-order chi connectivity index (χ0) is 22.2. The van der Waals surface area contributed by atoms with Crippen molar-refractivity contribution in [2.24, 2.45) is 5.92 Å². The predicted molar refractivity (Wildman–Crippen MR) is 107 cm³/mol. The topological polar surface area (TPSA) is 126 Å². The molecule has 170 valence electrons. The van der Waals surface area contributed by atoms with Crippen LogP contribution in [0.4, 0.5) is 4.79 Å². The fraction of sp³-hybridized carbons (Fsp3) is 0.842. The van der Waals surface area contributed by atoms with E-state index < -0.39 is 36.8 Å². The van der Waals surface area contributed by atoms with Gasteiger partial charge in [-0.05, 0) is 19.8 Å². The second-order valence-corrected chi connectivity index (χ2v) is 6.57. The summed E-state index contributed by atoms with van der Waals surface area (Å²) in [7, 11) is 1.22. The van der Waals surface area contributed by atoms with E-state index in [2.05, 4.69) is 15.4 Å². The first-order valence-corrected chi connectivity index (χ1v) is 10.1. The molecule has 0 heterocycles. The number of carbonyl (C=O) groups is 3. The largest absolute Gasteiger partial charge is 0.453 e. The molecule has 3 N–H and O–H groups in total. The minimum absolute atomic E-state index is 0.0508. The van der Waals surface area contributed by atoms with Crippen LogP contribution < -0.4 is 10.6 Å². The van der Waals surface area contributed by atoms with Crippen LogP contribution in [0.25, 0.3) is 0 Å². The smallest absolute Gasteiger partial charge is 0.406 e. The highest BCUT2D eigenvalue weighted by Crippen LogP contribution is 2.09. The molecule has 0 aliphatic rings. The Morgan fingerprint density at radius 1 is 1.07 bits per heavy atom. The Morgan fingerprint density at radius 3 is 2.17 bits per heavy atom. The van der Waals surface area contributed by atoms with Gasteiger partial charge in [-0.2, -0.15) is 0 Å². The van der Waals surface area contributed by atoms with Crippen LogP contribution in [0.1, 0.15) is 40.5 Å². The quantitative estimate of drug-likeness (QED) is 0.330. The van der Waals surface area contributed by atoms with E-state index in [4.69, 9.17) is 9.47 Å². The number of aliphatic hydroxyl groups is 1. The SMILES string of the molecule is CCOC(CN(CC(C)CC)C(=O)C(CO)NC(=O)CCNC(=O)OC)OCC. The first-order valence-electron chi connectivity index (χ1n) is 10.1. The Hall–Kier alpha value is -1.91. The van der Waals surface area contributed by atoms with Crippen LogP contribution in [0.5, 0.6) is 0 Å². The summed E-state index contributed by atoms with van der Waals surface area (Å²) >= 11 is 0. The Labute approximate surface area is 173 Å². The summed E-state index contributed by atoms with van der Waals surface area (Å²) in [5, 5.41) is 14.6. The van der Waals surface area contributed by atoms with Crippen LogP contribution in [0.2, 0.25) is 0 Å². The Morgan fingerprint density at radius 2 is 1.69 bits per heavy atom. The molecule has 29 heavy (non-hydrogen) atoms. The normalized spacial score (nSPS) is 12.9. The van der Waals surface area contributed by atoms with Crippen LogP contribution in [0, 0.1) is 5.92 Å². The summed E-state index contributed by atoms with van der Waals surface area (Å²) in [6.45, 7) is 8.74. The first-order chi connectivity index (χ1) is 13.8. The Bertz CT molecular complexity index is 484. The maximum Gasteiger partial charge on any atom is 0.406 e. The molecule has 0 aromatic carbocycles. The molecule has 0 aromatic heterocycles. The van der Waals surface area contributed by atoms with E-state index in [1.54, 1.807) is 4.90 Å². The van der Waals surface area contributed by atoms with E-state index in [0.29, 0.717) is 19.8 Å². The lowest BCUT2D eigenvalue weighted by atomic mass is 10.1. The van der Waals surface area contributed by atoms with E-state index >= 15 is 0 Å². The number of hydrogen-bond donors (Lipinski definition) is 3. The van der Waals surface area contributed by atoms with Crippen LogP contribution in [-0.4, -0.2) is 86.8 Å². The highest BCUT2D eigenvalue weighted by Gasteiger charge is 2.28. The zero-order valence-corrected chi connectivity index (χ0v) is 18.2. The highest BCUT2D eigenvalue weighted by molar-refractivity contribution is 5.88. The summed E-state index contributed by atoms with van der Waals surface area (Å²) < 4.78 is 15.5. The van der Waals surface area contributed by atoms with Gasteiger partial charge in [-0.15, -0.1) is 0 Å². The second kappa shape index (κ2) is 15.9. The highest BCUT2D eigenvalue weighted by atomic mass is 16.7. The van der Waals surface area contributed by atoms with Gasteiger partial charge in [0.25, 0.3) is 0 Å². The number of methoxy groups -OCH3 is 1. The fourth-order valence-corrected chi connectivity index (χ4v) is 2.49. The molecule has 0 aromatic rings. The van der Waals surface area contributed by atoms with Gasteiger partial charge in [0.2, 0.25) is 11.8 Å². The van der Waals surface area contributed by atoms with Gasteiger partial charge in [-0.25, -0.2) is 4.79 Å². The molecule has 0 aliphatic heterocycles. The second-order valence-electron chi connectivity index (χ2n) is 6.57. The van der Waals surface area contributed by atoms with E-state index in [-0.39, 0.29) is 25.4 Å². The average Bonchev–Trinajstić information content (AvgIpc) is 2.70. The van der Waals surface area contributed by atoms with Crippen molar-refractivity contribution in [3.63, 3.8) is 0 Å². The van der Waals surface area contributed by atoms with Crippen molar-refractivity contribution in [3.8, 4) is 0 Å². The van der Waals surface area contributed by atoms with Gasteiger partial charge in [0, 0.05) is 32.7 Å². The standard InChI is InChI=1S/C19H37N3O7/c1-6-14(4)11-22(12-17(28-7-2)29-8-3)18(25)15(13-23)21-16(24)9-10-20-19(26)27-5/h14-15,17,23H,6-13H2,1-5H3,(H,20,26)(H,21,24). The Balaban J connectivity index is 5.03. The van der Waals surface area contributed by atoms with Crippen molar-refractivity contribution in [1.29, 1.82) is 0 Å². The molecular weight excluding hydrogens is 382 g/mol. The molecule has 0 fully saturated rings. The number of ether oxygens (including phenoxy) is 3. The minimum atomic E-state index is -1.09. The van der Waals surface area contributed by atoms with Crippen molar-refractivity contribution in [2.45, 2.75) is 52.9 Å². The lowest BCUT2D eigenvalue weighted by molar-refractivity contribution is -0.161. The van der Waals surface area contributed by atoms with Crippen LogP contribution in [0.3, 0.4) is 0 Å². The molecule has 2 atom stereocenters. The van der Waals surface area contributed by atoms with Crippen molar-refractivity contribution < 1.29 is 33.7 Å². The third-order valence-corrected chi connectivity index (χ3v) is 4.24.